The minimum absolute atomic E-state index is 0.267. The number of halogens is 1. The highest BCUT2D eigenvalue weighted by Crippen LogP contribution is 2.20. The van der Waals surface area contributed by atoms with E-state index in [4.69, 9.17) is 17.3 Å². The van der Waals surface area contributed by atoms with Crippen LogP contribution in [0, 0.1) is 5.92 Å². The number of guanidine groups is 1. The van der Waals surface area contributed by atoms with Crippen molar-refractivity contribution in [3.05, 3.63) is 29.3 Å². The third kappa shape index (κ3) is 4.56. The fourth-order valence-corrected chi connectivity index (χ4v) is 4.17. The van der Waals surface area contributed by atoms with E-state index in [0.29, 0.717) is 25.6 Å². The van der Waals surface area contributed by atoms with Crippen molar-refractivity contribution in [3.63, 3.8) is 0 Å². The maximum absolute atomic E-state index is 11.4. The summed E-state index contributed by atoms with van der Waals surface area (Å²) in [4.78, 5) is 8.84. The van der Waals surface area contributed by atoms with Gasteiger partial charge in [0, 0.05) is 62.4 Å². The first kappa shape index (κ1) is 18.3. The first-order valence-electron chi connectivity index (χ1n) is 8.33. The van der Waals surface area contributed by atoms with Crippen LogP contribution in [0.2, 0.25) is 5.02 Å². The van der Waals surface area contributed by atoms with Crippen LogP contribution in [-0.4, -0.2) is 75.7 Å². The van der Waals surface area contributed by atoms with Gasteiger partial charge in [-0.25, -0.2) is 12.7 Å². The normalized spacial score (nSPS) is 20.6. The second kappa shape index (κ2) is 7.39. The van der Waals surface area contributed by atoms with Crippen LogP contribution in [-0.2, 0) is 10.0 Å². The Morgan fingerprint density at radius 3 is 2.36 bits per heavy atom. The minimum atomic E-state index is -3.06. The number of piperazine rings is 1. The van der Waals surface area contributed by atoms with Crippen molar-refractivity contribution in [2.75, 3.05) is 57.0 Å². The van der Waals surface area contributed by atoms with Crippen LogP contribution >= 0.6 is 11.6 Å². The van der Waals surface area contributed by atoms with E-state index in [1.54, 1.807) is 0 Å². The Morgan fingerprint density at radius 2 is 1.80 bits per heavy atom. The van der Waals surface area contributed by atoms with Gasteiger partial charge in [-0.1, -0.05) is 11.6 Å². The fraction of sp³-hybridized carbons (Fsp3) is 0.562. The molecule has 2 fully saturated rings. The molecule has 1 aromatic rings. The van der Waals surface area contributed by atoms with Gasteiger partial charge in [-0.2, -0.15) is 0 Å². The molecule has 2 saturated heterocycles. The third-order valence-electron chi connectivity index (χ3n) is 4.70. The van der Waals surface area contributed by atoms with Crippen molar-refractivity contribution in [2.45, 2.75) is 0 Å². The molecule has 0 amide bonds. The van der Waals surface area contributed by atoms with Crippen LogP contribution in [0.4, 0.5) is 5.69 Å². The topological polar surface area (TPSA) is 82.2 Å². The van der Waals surface area contributed by atoms with E-state index < -0.39 is 10.0 Å². The third-order valence-corrected chi connectivity index (χ3v) is 6.19. The highest BCUT2D eigenvalue weighted by atomic mass is 35.5. The van der Waals surface area contributed by atoms with Gasteiger partial charge >= 0.3 is 0 Å². The SMILES string of the molecule is CS(=O)(=O)N1CC(CN=C(N)N2CCN(c3ccc(Cl)cc3)CC2)C1. The van der Waals surface area contributed by atoms with Crippen LogP contribution in [0.25, 0.3) is 0 Å². The molecule has 0 unspecified atom stereocenters. The van der Waals surface area contributed by atoms with Gasteiger partial charge < -0.3 is 15.5 Å². The van der Waals surface area contributed by atoms with Gasteiger partial charge in [0.1, 0.15) is 0 Å². The summed E-state index contributed by atoms with van der Waals surface area (Å²) in [6.45, 7) is 5.05. The monoisotopic (exact) mass is 385 g/mol. The number of aliphatic imine (C=N–C) groups is 1. The summed E-state index contributed by atoms with van der Waals surface area (Å²) in [6.07, 6.45) is 1.24. The molecule has 0 bridgehead atoms. The summed E-state index contributed by atoms with van der Waals surface area (Å²) in [7, 11) is -3.06. The second-order valence-electron chi connectivity index (χ2n) is 6.60. The molecular formula is C16H24ClN5O2S. The highest BCUT2D eigenvalue weighted by Gasteiger charge is 2.32. The van der Waals surface area contributed by atoms with Gasteiger partial charge in [0.05, 0.1) is 6.26 Å². The number of sulfonamides is 1. The lowest BCUT2D eigenvalue weighted by Crippen LogP contribution is -2.52. The van der Waals surface area contributed by atoms with Gasteiger partial charge in [0.15, 0.2) is 5.96 Å². The lowest BCUT2D eigenvalue weighted by Gasteiger charge is -2.38. The molecule has 7 nitrogen and oxygen atoms in total. The Bertz CT molecular complexity index is 723. The summed E-state index contributed by atoms with van der Waals surface area (Å²) in [5.74, 6) is 0.817. The van der Waals surface area contributed by atoms with Crippen LogP contribution in [0.15, 0.2) is 29.3 Å². The average molecular weight is 386 g/mol. The van der Waals surface area contributed by atoms with Crippen molar-refractivity contribution >= 4 is 33.3 Å². The lowest BCUT2D eigenvalue weighted by molar-refractivity contribution is 0.208. The standard InChI is InChI=1S/C16H24ClN5O2S/c1-25(23,24)22-11-13(12-22)10-19-16(18)21-8-6-20(7-9-21)15-4-2-14(17)3-5-15/h2-5,13H,6-12H2,1H3,(H2,18,19). The summed E-state index contributed by atoms with van der Waals surface area (Å²) in [5.41, 5.74) is 7.27. The Labute approximate surface area is 154 Å². The molecule has 0 radical (unpaired) electrons. The average Bonchev–Trinajstić information content (AvgIpc) is 2.53. The maximum Gasteiger partial charge on any atom is 0.211 e. The molecule has 2 N–H and O–H groups in total. The van der Waals surface area contributed by atoms with Crippen LogP contribution < -0.4 is 10.6 Å². The maximum atomic E-state index is 11.4. The van der Waals surface area contributed by atoms with Crippen molar-refractivity contribution in [2.24, 2.45) is 16.6 Å². The molecule has 1 aromatic carbocycles. The Morgan fingerprint density at radius 1 is 1.20 bits per heavy atom. The molecule has 2 aliphatic heterocycles. The molecule has 0 atom stereocenters. The van der Waals surface area contributed by atoms with Crippen molar-refractivity contribution in [1.29, 1.82) is 0 Å². The molecule has 25 heavy (non-hydrogen) atoms. The molecule has 9 heteroatoms. The summed E-state index contributed by atoms with van der Waals surface area (Å²) in [6, 6.07) is 7.86. The highest BCUT2D eigenvalue weighted by molar-refractivity contribution is 7.88. The van der Waals surface area contributed by atoms with Gasteiger partial charge in [-0.05, 0) is 24.3 Å². The van der Waals surface area contributed by atoms with Crippen molar-refractivity contribution in [1.82, 2.24) is 9.21 Å². The number of nitrogens with zero attached hydrogens (tertiary/aromatic N) is 4. The molecule has 0 aromatic heterocycles. The molecule has 3 rings (SSSR count). The van der Waals surface area contributed by atoms with E-state index in [-0.39, 0.29) is 5.92 Å². The molecule has 0 aliphatic carbocycles. The quantitative estimate of drug-likeness (QED) is 0.608. The molecular weight excluding hydrogens is 362 g/mol. The molecule has 2 heterocycles. The van der Waals surface area contributed by atoms with E-state index in [1.807, 2.05) is 24.3 Å². The van der Waals surface area contributed by atoms with Crippen molar-refractivity contribution in [3.8, 4) is 0 Å². The van der Waals surface area contributed by atoms with Gasteiger partial charge in [0.25, 0.3) is 0 Å². The van der Waals surface area contributed by atoms with E-state index >= 15 is 0 Å². The summed E-state index contributed by atoms with van der Waals surface area (Å²) >= 11 is 5.93. The number of nitrogens with two attached hydrogens (primary N) is 1. The smallest absolute Gasteiger partial charge is 0.211 e. The zero-order valence-corrected chi connectivity index (χ0v) is 15.9. The number of hydrogen-bond acceptors (Lipinski definition) is 4. The van der Waals surface area contributed by atoms with E-state index in [9.17, 15) is 8.42 Å². The number of benzene rings is 1. The number of rotatable bonds is 4. The lowest BCUT2D eigenvalue weighted by atomic mass is 10.0. The first-order chi connectivity index (χ1) is 11.8. The molecule has 2 aliphatic rings. The number of hydrogen-bond donors (Lipinski definition) is 1. The van der Waals surface area contributed by atoms with Crippen LogP contribution in [0.1, 0.15) is 0 Å². The first-order valence-corrected chi connectivity index (χ1v) is 10.6. The summed E-state index contributed by atoms with van der Waals surface area (Å²) < 4.78 is 24.2. The van der Waals surface area contributed by atoms with E-state index in [0.717, 1.165) is 36.9 Å². The summed E-state index contributed by atoms with van der Waals surface area (Å²) in [5, 5.41) is 0.740. The van der Waals surface area contributed by atoms with Gasteiger partial charge in [-0.3, -0.25) is 4.99 Å². The predicted octanol–water partition coefficient (Wildman–Crippen LogP) is 0.668. The number of anilines is 1. The van der Waals surface area contributed by atoms with Gasteiger partial charge in [-0.15, -0.1) is 0 Å². The Hall–Kier alpha value is -1.51. The molecule has 0 spiro atoms. The van der Waals surface area contributed by atoms with Gasteiger partial charge in [0.2, 0.25) is 10.0 Å². The van der Waals surface area contributed by atoms with Crippen LogP contribution in [0.5, 0.6) is 0 Å². The van der Waals surface area contributed by atoms with Crippen LogP contribution in [0.3, 0.4) is 0 Å². The predicted molar refractivity (Wildman–Crippen MR) is 102 cm³/mol. The van der Waals surface area contributed by atoms with Crippen molar-refractivity contribution < 1.29 is 8.42 Å². The zero-order chi connectivity index (χ0) is 18.0. The second-order valence-corrected chi connectivity index (χ2v) is 9.01. The molecule has 138 valence electrons. The van der Waals surface area contributed by atoms with E-state index in [2.05, 4.69) is 14.8 Å². The zero-order valence-electron chi connectivity index (χ0n) is 14.3. The van der Waals surface area contributed by atoms with E-state index in [1.165, 1.54) is 10.6 Å². The minimum Gasteiger partial charge on any atom is -0.370 e. The molecule has 0 saturated carbocycles. The fourth-order valence-electron chi connectivity index (χ4n) is 3.08. The Kier molecular flexibility index (Phi) is 5.41. The largest absolute Gasteiger partial charge is 0.370 e. The Balaban J connectivity index is 1.45.